The Balaban J connectivity index is 1.49. The fraction of sp³-hybridized carbons (Fsp3) is 0.316. The van der Waals surface area contributed by atoms with Crippen LogP contribution in [0.5, 0.6) is 0 Å². The molecule has 150 valence electrons. The fourth-order valence-corrected chi connectivity index (χ4v) is 4.60. The van der Waals surface area contributed by atoms with Crippen molar-refractivity contribution in [1.82, 2.24) is 9.62 Å². The van der Waals surface area contributed by atoms with E-state index in [1.165, 1.54) is 16.4 Å². The third-order valence-electron chi connectivity index (χ3n) is 4.59. The Morgan fingerprint density at radius 3 is 2.32 bits per heavy atom. The van der Waals surface area contributed by atoms with Crippen LogP contribution in [-0.4, -0.2) is 57.1 Å². The minimum Gasteiger partial charge on any atom is -0.369 e. The first kappa shape index (κ1) is 20.6. The summed E-state index contributed by atoms with van der Waals surface area (Å²) in [5, 5.41) is 2.92. The molecule has 0 atom stereocenters. The maximum atomic E-state index is 13.0. The highest BCUT2D eigenvalue weighted by Gasteiger charge is 2.27. The third kappa shape index (κ3) is 5.01. The van der Waals surface area contributed by atoms with Gasteiger partial charge in [0.1, 0.15) is 5.82 Å². The van der Waals surface area contributed by atoms with Crippen molar-refractivity contribution >= 4 is 33.2 Å². The van der Waals surface area contributed by atoms with Crippen LogP contribution in [0, 0.1) is 5.82 Å². The lowest BCUT2D eigenvalue weighted by atomic mass is 10.2. The van der Waals surface area contributed by atoms with Gasteiger partial charge in [-0.15, -0.1) is 0 Å². The number of piperazine rings is 1. The van der Waals surface area contributed by atoms with Crippen LogP contribution in [0.4, 0.5) is 10.1 Å². The summed E-state index contributed by atoms with van der Waals surface area (Å²) < 4.78 is 39.5. The van der Waals surface area contributed by atoms with E-state index in [9.17, 15) is 17.6 Å². The van der Waals surface area contributed by atoms with Gasteiger partial charge < -0.3 is 10.2 Å². The van der Waals surface area contributed by atoms with E-state index in [2.05, 4.69) is 5.32 Å². The van der Waals surface area contributed by atoms with E-state index < -0.39 is 15.9 Å². The standard InChI is InChI=1S/C19H21ClFN3O3S/c20-18-4-2-1-3-17(18)19(25)22-9-14-28(26,27)24-12-10-23(11-13-24)16-7-5-15(21)6-8-16/h1-8H,9-14H2,(H,22,25). The zero-order chi connectivity index (χ0) is 20.1. The predicted octanol–water partition coefficient (Wildman–Crippen LogP) is 2.36. The molecule has 2 aromatic carbocycles. The highest BCUT2D eigenvalue weighted by atomic mass is 35.5. The normalized spacial score (nSPS) is 15.4. The molecule has 1 saturated heterocycles. The topological polar surface area (TPSA) is 69.7 Å². The van der Waals surface area contributed by atoms with Crippen LogP contribution in [-0.2, 0) is 10.0 Å². The monoisotopic (exact) mass is 425 g/mol. The van der Waals surface area contributed by atoms with Crippen LogP contribution in [0.3, 0.4) is 0 Å². The molecule has 1 fully saturated rings. The van der Waals surface area contributed by atoms with Gasteiger partial charge >= 0.3 is 0 Å². The van der Waals surface area contributed by atoms with Gasteiger partial charge in [0.25, 0.3) is 5.91 Å². The molecule has 0 bridgehead atoms. The van der Waals surface area contributed by atoms with Gasteiger partial charge in [-0.05, 0) is 36.4 Å². The molecule has 0 aliphatic carbocycles. The number of sulfonamides is 1. The Kier molecular flexibility index (Phi) is 6.53. The Morgan fingerprint density at radius 2 is 1.68 bits per heavy atom. The van der Waals surface area contributed by atoms with E-state index in [1.807, 2.05) is 4.90 Å². The van der Waals surface area contributed by atoms with Crippen molar-refractivity contribution in [2.75, 3.05) is 43.4 Å². The molecule has 0 aromatic heterocycles. The summed E-state index contributed by atoms with van der Waals surface area (Å²) in [6.45, 7) is 1.74. The van der Waals surface area contributed by atoms with Gasteiger partial charge in [-0.25, -0.2) is 12.8 Å². The molecule has 1 aliphatic heterocycles. The average molecular weight is 426 g/mol. The maximum Gasteiger partial charge on any atom is 0.252 e. The van der Waals surface area contributed by atoms with Crippen LogP contribution in [0.1, 0.15) is 10.4 Å². The number of amides is 1. The van der Waals surface area contributed by atoms with Crippen LogP contribution < -0.4 is 10.2 Å². The first-order valence-electron chi connectivity index (χ1n) is 8.88. The largest absolute Gasteiger partial charge is 0.369 e. The van der Waals surface area contributed by atoms with Gasteiger partial charge in [-0.2, -0.15) is 4.31 Å². The van der Waals surface area contributed by atoms with Crippen molar-refractivity contribution in [2.45, 2.75) is 0 Å². The lowest BCUT2D eigenvalue weighted by Gasteiger charge is -2.35. The van der Waals surface area contributed by atoms with Crippen molar-refractivity contribution in [2.24, 2.45) is 0 Å². The van der Waals surface area contributed by atoms with Gasteiger partial charge in [-0.3, -0.25) is 4.79 Å². The summed E-state index contributed by atoms with van der Waals surface area (Å²) >= 11 is 5.97. The van der Waals surface area contributed by atoms with E-state index in [4.69, 9.17) is 11.6 Å². The first-order chi connectivity index (χ1) is 13.4. The SMILES string of the molecule is O=C(NCCS(=O)(=O)N1CCN(c2ccc(F)cc2)CC1)c1ccccc1Cl. The summed E-state index contributed by atoms with van der Waals surface area (Å²) in [4.78, 5) is 14.1. The number of rotatable bonds is 6. The van der Waals surface area contributed by atoms with E-state index in [-0.39, 0.29) is 18.1 Å². The van der Waals surface area contributed by atoms with Crippen molar-refractivity contribution in [3.63, 3.8) is 0 Å². The highest BCUT2D eigenvalue weighted by molar-refractivity contribution is 7.89. The number of nitrogens with one attached hydrogen (secondary N) is 1. The number of carbonyl (C=O) groups is 1. The van der Waals surface area contributed by atoms with Crippen LogP contribution >= 0.6 is 11.6 Å². The van der Waals surface area contributed by atoms with E-state index >= 15 is 0 Å². The van der Waals surface area contributed by atoms with E-state index in [0.29, 0.717) is 36.8 Å². The van der Waals surface area contributed by atoms with Crippen molar-refractivity contribution in [1.29, 1.82) is 0 Å². The molecule has 0 radical (unpaired) electrons. The smallest absolute Gasteiger partial charge is 0.252 e. The molecule has 1 N–H and O–H groups in total. The summed E-state index contributed by atoms with van der Waals surface area (Å²) in [6.07, 6.45) is 0. The number of carbonyl (C=O) groups excluding carboxylic acids is 1. The lowest BCUT2D eigenvalue weighted by Crippen LogP contribution is -2.50. The Hall–Kier alpha value is -2.16. The number of hydrogen-bond donors (Lipinski definition) is 1. The predicted molar refractivity (Wildman–Crippen MR) is 108 cm³/mol. The van der Waals surface area contributed by atoms with E-state index in [1.54, 1.807) is 36.4 Å². The zero-order valence-electron chi connectivity index (χ0n) is 15.1. The number of hydrogen-bond acceptors (Lipinski definition) is 4. The second-order valence-electron chi connectivity index (χ2n) is 6.41. The van der Waals surface area contributed by atoms with Crippen LogP contribution in [0.25, 0.3) is 0 Å². The Bertz CT molecular complexity index is 930. The molecular weight excluding hydrogens is 405 g/mol. The molecule has 0 unspecified atom stereocenters. The van der Waals surface area contributed by atoms with Crippen molar-refractivity contribution < 1.29 is 17.6 Å². The number of benzene rings is 2. The van der Waals surface area contributed by atoms with E-state index in [0.717, 1.165) is 5.69 Å². The first-order valence-corrected chi connectivity index (χ1v) is 10.9. The summed E-state index contributed by atoms with van der Waals surface area (Å²) in [5.41, 5.74) is 1.18. The Morgan fingerprint density at radius 1 is 1.04 bits per heavy atom. The van der Waals surface area contributed by atoms with Crippen molar-refractivity contribution in [3.8, 4) is 0 Å². The van der Waals surface area contributed by atoms with Gasteiger partial charge in [-0.1, -0.05) is 23.7 Å². The molecule has 28 heavy (non-hydrogen) atoms. The van der Waals surface area contributed by atoms with Gasteiger partial charge in [0, 0.05) is 38.4 Å². The third-order valence-corrected chi connectivity index (χ3v) is 6.79. The molecule has 0 spiro atoms. The number of halogens is 2. The van der Waals surface area contributed by atoms with Crippen molar-refractivity contribution in [3.05, 3.63) is 64.9 Å². The maximum absolute atomic E-state index is 13.0. The molecule has 6 nitrogen and oxygen atoms in total. The molecule has 2 aromatic rings. The molecule has 3 rings (SSSR count). The molecule has 1 aliphatic rings. The van der Waals surface area contributed by atoms with Gasteiger partial charge in [0.15, 0.2) is 0 Å². The summed E-state index contributed by atoms with van der Waals surface area (Å²) in [7, 11) is -3.48. The fourth-order valence-electron chi connectivity index (χ4n) is 3.04. The second kappa shape index (κ2) is 8.89. The van der Waals surface area contributed by atoms with Crippen LogP contribution in [0.15, 0.2) is 48.5 Å². The summed E-state index contributed by atoms with van der Waals surface area (Å²) in [6, 6.07) is 12.7. The second-order valence-corrected chi connectivity index (χ2v) is 8.91. The molecule has 0 saturated carbocycles. The minimum absolute atomic E-state index is 0.00453. The zero-order valence-corrected chi connectivity index (χ0v) is 16.7. The molecular formula is C19H21ClFN3O3S. The Labute approximate surface area is 168 Å². The van der Waals surface area contributed by atoms with Gasteiger partial charge in [0.05, 0.1) is 16.3 Å². The minimum atomic E-state index is -3.48. The molecule has 1 heterocycles. The highest BCUT2D eigenvalue weighted by Crippen LogP contribution is 2.18. The summed E-state index contributed by atoms with van der Waals surface area (Å²) in [5.74, 6) is -0.884. The molecule has 9 heteroatoms. The van der Waals surface area contributed by atoms with Crippen LogP contribution in [0.2, 0.25) is 5.02 Å². The quantitative estimate of drug-likeness (QED) is 0.771. The van der Waals surface area contributed by atoms with Gasteiger partial charge in [0.2, 0.25) is 10.0 Å². The lowest BCUT2D eigenvalue weighted by molar-refractivity contribution is 0.0956. The number of nitrogens with zero attached hydrogens (tertiary/aromatic N) is 2. The average Bonchev–Trinajstić information content (AvgIpc) is 2.69. The molecule has 1 amide bonds. The number of anilines is 1.